The van der Waals surface area contributed by atoms with Gasteiger partial charge in [-0.05, 0) is 37.5 Å². The molecular weight excluding hydrogens is 210 g/mol. The minimum absolute atomic E-state index is 0.727. The zero-order chi connectivity index (χ0) is 11.9. The molecule has 0 aliphatic heterocycles. The Morgan fingerprint density at radius 2 is 2.06 bits per heavy atom. The summed E-state index contributed by atoms with van der Waals surface area (Å²) in [7, 11) is 0. The zero-order valence-electron chi connectivity index (χ0n) is 10.7. The molecular formula is C15H23NO. The summed E-state index contributed by atoms with van der Waals surface area (Å²) in [5.41, 5.74) is 1.25. The van der Waals surface area contributed by atoms with E-state index in [0.29, 0.717) is 0 Å². The van der Waals surface area contributed by atoms with Crippen molar-refractivity contribution < 1.29 is 4.74 Å². The first kappa shape index (κ1) is 12.4. The summed E-state index contributed by atoms with van der Waals surface area (Å²) in [6.45, 7) is 3.81. The summed E-state index contributed by atoms with van der Waals surface area (Å²) >= 11 is 0. The van der Waals surface area contributed by atoms with Gasteiger partial charge in [-0.3, -0.25) is 0 Å². The Bertz CT molecular complexity index is 331. The van der Waals surface area contributed by atoms with Gasteiger partial charge in [0.15, 0.2) is 0 Å². The summed E-state index contributed by atoms with van der Waals surface area (Å²) in [6, 6.07) is 8.96. The normalized spacial score (nSPS) is 17.0. The van der Waals surface area contributed by atoms with Crippen molar-refractivity contribution in [3.63, 3.8) is 0 Å². The van der Waals surface area contributed by atoms with Crippen molar-refractivity contribution in [2.24, 2.45) is 0 Å². The fraction of sp³-hybridized carbons (Fsp3) is 0.600. The van der Waals surface area contributed by atoms with Crippen LogP contribution in [0.4, 0.5) is 0 Å². The van der Waals surface area contributed by atoms with Crippen LogP contribution in [-0.2, 0) is 0 Å². The van der Waals surface area contributed by atoms with Crippen LogP contribution in [-0.4, -0.2) is 19.2 Å². The lowest BCUT2D eigenvalue weighted by Gasteiger charge is -2.22. The highest BCUT2D eigenvalue weighted by Crippen LogP contribution is 2.17. The van der Waals surface area contributed by atoms with Gasteiger partial charge < -0.3 is 10.1 Å². The predicted molar refractivity (Wildman–Crippen MR) is 71.5 cm³/mol. The number of hydrogen-bond donors (Lipinski definition) is 1. The molecule has 17 heavy (non-hydrogen) atoms. The van der Waals surface area contributed by atoms with Gasteiger partial charge in [0.1, 0.15) is 12.4 Å². The van der Waals surface area contributed by atoms with Crippen LogP contribution in [0.25, 0.3) is 0 Å². The van der Waals surface area contributed by atoms with Gasteiger partial charge in [-0.25, -0.2) is 0 Å². The van der Waals surface area contributed by atoms with Crippen LogP contribution in [0.3, 0.4) is 0 Å². The standard InChI is InChI=1S/C15H23NO/c1-13-6-5-9-15(12-13)17-11-10-16-14-7-3-2-4-8-14/h5-6,9,12,14,16H,2-4,7-8,10-11H2,1H3. The minimum Gasteiger partial charge on any atom is -0.492 e. The molecule has 0 saturated heterocycles. The highest BCUT2D eigenvalue weighted by atomic mass is 16.5. The maximum atomic E-state index is 5.72. The van der Waals surface area contributed by atoms with E-state index in [9.17, 15) is 0 Å². The maximum absolute atomic E-state index is 5.72. The topological polar surface area (TPSA) is 21.3 Å². The van der Waals surface area contributed by atoms with Gasteiger partial charge in [0.25, 0.3) is 0 Å². The van der Waals surface area contributed by atoms with E-state index >= 15 is 0 Å². The molecule has 2 rings (SSSR count). The van der Waals surface area contributed by atoms with Crippen LogP contribution in [0.15, 0.2) is 24.3 Å². The maximum Gasteiger partial charge on any atom is 0.119 e. The third-order valence-electron chi connectivity index (χ3n) is 3.40. The van der Waals surface area contributed by atoms with Crippen molar-refractivity contribution >= 4 is 0 Å². The molecule has 0 spiro atoms. The van der Waals surface area contributed by atoms with Gasteiger partial charge in [-0.15, -0.1) is 0 Å². The van der Waals surface area contributed by atoms with Gasteiger partial charge in [0.05, 0.1) is 0 Å². The second-order valence-electron chi connectivity index (χ2n) is 4.95. The third-order valence-corrected chi connectivity index (χ3v) is 3.40. The van der Waals surface area contributed by atoms with E-state index in [2.05, 4.69) is 24.4 Å². The summed E-state index contributed by atoms with van der Waals surface area (Å²) in [5, 5.41) is 3.58. The first-order chi connectivity index (χ1) is 8.34. The molecule has 1 fully saturated rings. The highest BCUT2D eigenvalue weighted by Gasteiger charge is 2.11. The molecule has 2 nitrogen and oxygen atoms in total. The van der Waals surface area contributed by atoms with Crippen molar-refractivity contribution in [1.29, 1.82) is 0 Å². The van der Waals surface area contributed by atoms with Crippen molar-refractivity contribution in [3.05, 3.63) is 29.8 Å². The smallest absolute Gasteiger partial charge is 0.119 e. The second kappa shape index (κ2) is 6.65. The Kier molecular flexibility index (Phi) is 4.87. The van der Waals surface area contributed by atoms with Gasteiger partial charge in [0.2, 0.25) is 0 Å². The summed E-state index contributed by atoms with van der Waals surface area (Å²) < 4.78 is 5.72. The molecule has 0 amide bonds. The first-order valence-corrected chi connectivity index (χ1v) is 6.77. The number of ether oxygens (including phenoxy) is 1. The first-order valence-electron chi connectivity index (χ1n) is 6.77. The highest BCUT2D eigenvalue weighted by molar-refractivity contribution is 5.27. The van der Waals surface area contributed by atoms with Crippen LogP contribution in [0, 0.1) is 6.92 Å². The molecule has 94 valence electrons. The van der Waals surface area contributed by atoms with E-state index in [1.807, 2.05) is 12.1 Å². The van der Waals surface area contributed by atoms with Crippen molar-refractivity contribution in [3.8, 4) is 5.75 Å². The molecule has 1 aliphatic carbocycles. The third kappa shape index (κ3) is 4.39. The molecule has 1 aromatic rings. The molecule has 0 unspecified atom stereocenters. The molecule has 2 heteroatoms. The second-order valence-corrected chi connectivity index (χ2v) is 4.95. The SMILES string of the molecule is Cc1cccc(OCCNC2CCCCC2)c1. The number of benzene rings is 1. The molecule has 0 atom stereocenters. The zero-order valence-corrected chi connectivity index (χ0v) is 10.7. The molecule has 0 bridgehead atoms. The van der Waals surface area contributed by atoms with Crippen LogP contribution >= 0.6 is 0 Å². The number of hydrogen-bond acceptors (Lipinski definition) is 2. The Balaban J connectivity index is 1.62. The average molecular weight is 233 g/mol. The minimum atomic E-state index is 0.727. The Labute approximate surface area is 104 Å². The molecule has 1 N–H and O–H groups in total. The Hall–Kier alpha value is -1.02. The lowest BCUT2D eigenvalue weighted by molar-refractivity contribution is 0.289. The van der Waals surface area contributed by atoms with Gasteiger partial charge in [-0.1, -0.05) is 31.4 Å². The Morgan fingerprint density at radius 3 is 2.82 bits per heavy atom. The van der Waals surface area contributed by atoms with E-state index in [1.165, 1.54) is 37.7 Å². The van der Waals surface area contributed by atoms with Crippen LogP contribution in [0.1, 0.15) is 37.7 Å². The van der Waals surface area contributed by atoms with E-state index in [1.54, 1.807) is 0 Å². The molecule has 1 aliphatic rings. The lowest BCUT2D eigenvalue weighted by atomic mass is 9.96. The molecule has 1 saturated carbocycles. The number of aryl methyl sites for hydroxylation is 1. The molecule has 1 aromatic carbocycles. The largest absolute Gasteiger partial charge is 0.492 e. The van der Waals surface area contributed by atoms with E-state index in [4.69, 9.17) is 4.74 Å². The van der Waals surface area contributed by atoms with Gasteiger partial charge in [0, 0.05) is 12.6 Å². The van der Waals surface area contributed by atoms with Gasteiger partial charge in [-0.2, -0.15) is 0 Å². The number of nitrogens with one attached hydrogen (secondary N) is 1. The lowest BCUT2D eigenvalue weighted by Crippen LogP contribution is -2.34. The summed E-state index contributed by atoms with van der Waals surface area (Å²) in [5.74, 6) is 0.982. The van der Waals surface area contributed by atoms with Crippen LogP contribution in [0.5, 0.6) is 5.75 Å². The number of rotatable bonds is 5. The van der Waals surface area contributed by atoms with Gasteiger partial charge >= 0.3 is 0 Å². The summed E-state index contributed by atoms with van der Waals surface area (Å²) in [6.07, 6.45) is 6.86. The Morgan fingerprint density at radius 1 is 1.24 bits per heavy atom. The van der Waals surface area contributed by atoms with Crippen molar-refractivity contribution in [2.75, 3.05) is 13.2 Å². The van der Waals surface area contributed by atoms with Crippen LogP contribution < -0.4 is 10.1 Å². The van der Waals surface area contributed by atoms with Crippen molar-refractivity contribution in [1.82, 2.24) is 5.32 Å². The predicted octanol–water partition coefficient (Wildman–Crippen LogP) is 3.30. The average Bonchev–Trinajstić information content (AvgIpc) is 2.36. The van der Waals surface area contributed by atoms with E-state index < -0.39 is 0 Å². The fourth-order valence-electron chi connectivity index (χ4n) is 2.44. The van der Waals surface area contributed by atoms with Crippen LogP contribution in [0.2, 0.25) is 0 Å². The van der Waals surface area contributed by atoms with Crippen molar-refractivity contribution in [2.45, 2.75) is 45.1 Å². The molecule has 0 heterocycles. The molecule has 0 radical (unpaired) electrons. The quantitative estimate of drug-likeness (QED) is 0.788. The summed E-state index contributed by atoms with van der Waals surface area (Å²) in [4.78, 5) is 0. The monoisotopic (exact) mass is 233 g/mol. The van der Waals surface area contributed by atoms with E-state index in [0.717, 1.165) is 24.9 Å². The fourth-order valence-corrected chi connectivity index (χ4v) is 2.44. The van der Waals surface area contributed by atoms with E-state index in [-0.39, 0.29) is 0 Å². The molecule has 0 aromatic heterocycles.